The van der Waals surface area contributed by atoms with Crippen LogP contribution in [-0.4, -0.2) is 4.98 Å². The van der Waals surface area contributed by atoms with Gasteiger partial charge in [-0.25, -0.2) is 9.37 Å². The third-order valence-electron chi connectivity index (χ3n) is 0.816. The lowest BCUT2D eigenvalue weighted by molar-refractivity contribution is 0.648. The molecule has 0 aliphatic heterocycles. The van der Waals surface area contributed by atoms with Crippen LogP contribution in [0, 0.1) is 0 Å². The zero-order valence-electron chi connectivity index (χ0n) is 5.27. The minimum Gasteiger partial charge on any atom is -0.230 e. The average Bonchev–Trinajstić information content (AvgIpc) is 2.13. The standard InChI is InChI=1S/C6H5BrFNS/c1-4(8)2-6-9-5(7)3-10-6/h2-3H,1H3/b4-2-. The molecule has 1 rings (SSSR count). The summed E-state index contributed by atoms with van der Waals surface area (Å²) < 4.78 is 13.0. The highest BCUT2D eigenvalue weighted by Gasteiger charge is 1.94. The maximum Gasteiger partial charge on any atom is 0.119 e. The van der Waals surface area contributed by atoms with Gasteiger partial charge in [0.05, 0.1) is 5.83 Å². The first-order valence-corrected chi connectivity index (χ1v) is 4.30. The van der Waals surface area contributed by atoms with Gasteiger partial charge in [0, 0.05) is 11.5 Å². The van der Waals surface area contributed by atoms with Crippen molar-refractivity contribution in [2.45, 2.75) is 6.92 Å². The SMILES string of the molecule is C/C(F)=C/c1nc(Br)cs1. The van der Waals surface area contributed by atoms with Crippen molar-refractivity contribution in [3.05, 3.63) is 20.8 Å². The molecule has 0 unspecified atom stereocenters. The largest absolute Gasteiger partial charge is 0.230 e. The van der Waals surface area contributed by atoms with Crippen molar-refractivity contribution >= 4 is 33.3 Å². The highest BCUT2D eigenvalue weighted by Crippen LogP contribution is 2.17. The minimum atomic E-state index is -0.221. The second-order valence-corrected chi connectivity index (χ2v) is 3.44. The van der Waals surface area contributed by atoms with Gasteiger partial charge in [0.15, 0.2) is 0 Å². The third-order valence-corrected chi connectivity index (χ3v) is 2.32. The Morgan fingerprint density at radius 1 is 1.90 bits per heavy atom. The summed E-state index contributed by atoms with van der Waals surface area (Å²) in [6.45, 7) is 1.40. The zero-order chi connectivity index (χ0) is 7.56. The van der Waals surface area contributed by atoms with Crippen LogP contribution < -0.4 is 0 Å². The minimum absolute atomic E-state index is 0.221. The molecule has 0 aliphatic carbocycles. The van der Waals surface area contributed by atoms with Crippen molar-refractivity contribution in [3.8, 4) is 0 Å². The van der Waals surface area contributed by atoms with Gasteiger partial charge < -0.3 is 0 Å². The molecule has 1 heterocycles. The Kier molecular flexibility index (Phi) is 2.56. The fraction of sp³-hybridized carbons (Fsp3) is 0.167. The molecule has 0 fully saturated rings. The van der Waals surface area contributed by atoms with Crippen LogP contribution in [0.2, 0.25) is 0 Å². The van der Waals surface area contributed by atoms with Crippen molar-refractivity contribution in [2.75, 3.05) is 0 Å². The summed E-state index contributed by atoms with van der Waals surface area (Å²) in [7, 11) is 0. The first kappa shape index (κ1) is 7.88. The Bertz CT molecular complexity index is 252. The normalized spacial score (nSPS) is 12.1. The second-order valence-electron chi connectivity index (χ2n) is 1.74. The molecule has 0 aliphatic rings. The van der Waals surface area contributed by atoms with E-state index in [9.17, 15) is 4.39 Å². The molecular formula is C6H5BrFNS. The van der Waals surface area contributed by atoms with E-state index in [4.69, 9.17) is 0 Å². The van der Waals surface area contributed by atoms with Crippen LogP contribution in [0.3, 0.4) is 0 Å². The van der Waals surface area contributed by atoms with E-state index in [1.807, 2.05) is 5.38 Å². The highest BCUT2D eigenvalue weighted by atomic mass is 79.9. The molecule has 0 bridgehead atoms. The summed E-state index contributed by atoms with van der Waals surface area (Å²) in [6.07, 6.45) is 1.40. The van der Waals surface area contributed by atoms with Crippen molar-refractivity contribution < 1.29 is 4.39 Å². The molecular weight excluding hydrogens is 217 g/mol. The van der Waals surface area contributed by atoms with E-state index in [2.05, 4.69) is 20.9 Å². The number of thiazole rings is 1. The smallest absolute Gasteiger partial charge is 0.119 e. The molecule has 0 aromatic carbocycles. The van der Waals surface area contributed by atoms with Crippen molar-refractivity contribution in [1.29, 1.82) is 0 Å². The van der Waals surface area contributed by atoms with Crippen LogP contribution in [0.4, 0.5) is 4.39 Å². The zero-order valence-corrected chi connectivity index (χ0v) is 7.67. The second kappa shape index (κ2) is 3.25. The van der Waals surface area contributed by atoms with Crippen molar-refractivity contribution in [2.24, 2.45) is 0 Å². The Balaban J connectivity index is 2.86. The summed E-state index contributed by atoms with van der Waals surface area (Å²) in [5.74, 6) is -0.221. The molecule has 1 aromatic rings. The average molecular weight is 222 g/mol. The van der Waals surface area contributed by atoms with E-state index in [-0.39, 0.29) is 5.83 Å². The van der Waals surface area contributed by atoms with Gasteiger partial charge in [-0.1, -0.05) is 0 Å². The van der Waals surface area contributed by atoms with E-state index in [0.29, 0.717) is 5.01 Å². The molecule has 0 spiro atoms. The van der Waals surface area contributed by atoms with E-state index in [0.717, 1.165) is 4.60 Å². The van der Waals surface area contributed by atoms with Crippen LogP contribution in [-0.2, 0) is 0 Å². The number of rotatable bonds is 1. The summed E-state index contributed by atoms with van der Waals surface area (Å²) >= 11 is 4.57. The van der Waals surface area contributed by atoms with Gasteiger partial charge in [0.1, 0.15) is 9.61 Å². The molecule has 0 atom stereocenters. The summed E-state index contributed by atoms with van der Waals surface area (Å²) in [5, 5.41) is 2.50. The Labute approximate surface area is 70.7 Å². The fourth-order valence-corrected chi connectivity index (χ4v) is 1.74. The maximum absolute atomic E-state index is 12.2. The predicted octanol–water partition coefficient (Wildman–Crippen LogP) is 3.24. The molecule has 0 amide bonds. The van der Waals surface area contributed by atoms with Gasteiger partial charge in [-0.05, 0) is 22.9 Å². The lowest BCUT2D eigenvalue weighted by Crippen LogP contribution is -1.67. The highest BCUT2D eigenvalue weighted by molar-refractivity contribution is 9.10. The fourth-order valence-electron chi connectivity index (χ4n) is 0.503. The van der Waals surface area contributed by atoms with E-state index in [1.54, 1.807) is 0 Å². The summed E-state index contributed by atoms with van der Waals surface area (Å²) in [6, 6.07) is 0. The molecule has 0 N–H and O–H groups in total. The predicted molar refractivity (Wildman–Crippen MR) is 44.6 cm³/mol. The Morgan fingerprint density at radius 3 is 3.00 bits per heavy atom. The molecule has 4 heteroatoms. The third kappa shape index (κ3) is 2.19. The van der Waals surface area contributed by atoms with Crippen LogP contribution in [0.1, 0.15) is 11.9 Å². The van der Waals surface area contributed by atoms with Gasteiger partial charge in [0.2, 0.25) is 0 Å². The maximum atomic E-state index is 12.2. The number of hydrogen-bond donors (Lipinski definition) is 0. The van der Waals surface area contributed by atoms with Crippen LogP contribution in [0.15, 0.2) is 15.8 Å². The van der Waals surface area contributed by atoms with Crippen LogP contribution in [0.5, 0.6) is 0 Å². The number of allylic oxidation sites excluding steroid dienone is 1. The van der Waals surface area contributed by atoms with E-state index < -0.39 is 0 Å². The van der Waals surface area contributed by atoms with Gasteiger partial charge in [0.25, 0.3) is 0 Å². The summed E-state index contributed by atoms with van der Waals surface area (Å²) in [4.78, 5) is 3.97. The van der Waals surface area contributed by atoms with Crippen LogP contribution in [0.25, 0.3) is 6.08 Å². The molecule has 10 heavy (non-hydrogen) atoms. The number of hydrogen-bond acceptors (Lipinski definition) is 2. The molecule has 1 aromatic heterocycles. The number of nitrogens with zero attached hydrogens (tertiary/aromatic N) is 1. The number of halogens is 2. The first-order valence-electron chi connectivity index (χ1n) is 2.63. The first-order chi connectivity index (χ1) is 4.68. The van der Waals surface area contributed by atoms with Gasteiger partial charge in [-0.3, -0.25) is 0 Å². The van der Waals surface area contributed by atoms with Gasteiger partial charge in [-0.2, -0.15) is 0 Å². The Morgan fingerprint density at radius 2 is 2.60 bits per heavy atom. The Hall–Kier alpha value is -0.220. The summed E-state index contributed by atoms with van der Waals surface area (Å²) in [5.41, 5.74) is 0. The number of aromatic nitrogens is 1. The topological polar surface area (TPSA) is 12.9 Å². The molecule has 1 nitrogen and oxygen atoms in total. The quantitative estimate of drug-likeness (QED) is 0.710. The monoisotopic (exact) mass is 221 g/mol. The van der Waals surface area contributed by atoms with Crippen molar-refractivity contribution in [1.82, 2.24) is 4.98 Å². The lowest BCUT2D eigenvalue weighted by Gasteiger charge is -1.80. The van der Waals surface area contributed by atoms with E-state index in [1.165, 1.54) is 24.3 Å². The van der Waals surface area contributed by atoms with Crippen LogP contribution >= 0.6 is 27.3 Å². The molecule has 54 valence electrons. The molecule has 0 radical (unpaired) electrons. The van der Waals surface area contributed by atoms with E-state index >= 15 is 0 Å². The molecule has 0 saturated heterocycles. The van der Waals surface area contributed by atoms with Gasteiger partial charge in [-0.15, -0.1) is 11.3 Å². The molecule has 0 saturated carbocycles. The lowest BCUT2D eigenvalue weighted by atomic mass is 10.5. The van der Waals surface area contributed by atoms with Gasteiger partial charge >= 0.3 is 0 Å². The van der Waals surface area contributed by atoms with Crippen molar-refractivity contribution in [3.63, 3.8) is 0 Å².